The van der Waals surface area contributed by atoms with Crippen LogP contribution in [-0.2, 0) is 14.2 Å². The van der Waals surface area contributed by atoms with E-state index in [1.807, 2.05) is 31.1 Å². The first-order chi connectivity index (χ1) is 65.4. The maximum absolute atomic E-state index is 5.48. The van der Waals surface area contributed by atoms with Crippen molar-refractivity contribution in [3.63, 3.8) is 0 Å². The molecule has 12 aliphatic rings. The van der Waals surface area contributed by atoms with Gasteiger partial charge in [0.15, 0.2) is 0 Å². The molecule has 0 amide bonds. The summed E-state index contributed by atoms with van der Waals surface area (Å²) in [5, 5.41) is 13.4. The molecule has 3 unspecified atom stereocenters. The highest BCUT2D eigenvalue weighted by Gasteiger charge is 2.24. The number of piperidine rings is 2. The van der Waals surface area contributed by atoms with Crippen LogP contribution in [0.25, 0.3) is 0 Å². The molecular weight excluding hydrogens is 1690 g/mol. The van der Waals surface area contributed by atoms with Crippen molar-refractivity contribution >= 4 is 0 Å². The molecule has 19 heteroatoms. The number of ether oxygens (including phenoxy) is 3. The molecule has 7 aliphatic heterocycles. The first kappa shape index (κ1) is 131. The molecular formula is C118H236N16O3. The number of hydrogen-bond acceptors (Lipinski definition) is 15. The maximum atomic E-state index is 5.48. The molecule has 3 atom stereocenters. The summed E-state index contributed by atoms with van der Waals surface area (Å²) < 4.78 is 18.0. The third-order valence-corrected chi connectivity index (χ3v) is 30.3. The Labute approximate surface area is 851 Å². The van der Waals surface area contributed by atoms with Crippen molar-refractivity contribution in [1.29, 1.82) is 0 Å². The number of aromatic amines is 3. The number of morpholine rings is 3. The van der Waals surface area contributed by atoms with E-state index in [1.54, 1.807) is 25.0 Å². The van der Waals surface area contributed by atoms with Gasteiger partial charge < -0.3 is 64.8 Å². The molecule has 16 rings (SSSR count). The van der Waals surface area contributed by atoms with Crippen LogP contribution in [0.3, 0.4) is 0 Å². The molecule has 0 aromatic carbocycles. The van der Waals surface area contributed by atoms with E-state index < -0.39 is 0 Å². The normalized spacial score (nSPS) is 21.2. The van der Waals surface area contributed by atoms with Crippen LogP contribution < -0.4 is 21.3 Å². The van der Waals surface area contributed by atoms with Crippen LogP contribution in [-0.4, -0.2) is 227 Å². The van der Waals surface area contributed by atoms with E-state index in [1.165, 1.54) is 256 Å². The van der Waals surface area contributed by atoms with Gasteiger partial charge in [0.05, 0.1) is 58.1 Å². The molecule has 0 spiro atoms. The van der Waals surface area contributed by atoms with Gasteiger partial charge in [0.25, 0.3) is 0 Å². The van der Waals surface area contributed by atoms with Crippen molar-refractivity contribution in [2.24, 2.45) is 82.9 Å². The molecule has 0 radical (unpaired) electrons. The lowest BCUT2D eigenvalue weighted by atomic mass is 9.82. The standard InChI is InChI=1S/3C9H18.2C8H17N.2C8H16.C7H16N2.3C7H15NO.C7H15N.4C6H10N2/c3*1-8(2)9-6-4-3-5-7-9;1-7(2)8-4-3-5-9-6-8;1-8(2)9-6-4-3-5-7-9;2*1-7(2)8-5-3-4-6-8;1-7(2)9-5-3-8-4-6-9;1-7(2)8-3-5-9-6-4-8;1-6(2)7-5-9-4-3-8-7;1-6(2)7-5-8-3-4-9-7;1-7(2)8-5-3-4-6-8;2*1-5(2)6-3-7-4-8-6;1-6(2)8-4-3-7-5-8;1-5(2)6-7-3-4-8-6/h3*8-9H,3-7H2,1-2H3;7-9H,3-6H2,1-2H3;8H,3-7H2,1-2H3;2*7-8H,3-6H2,1-2H3;7-8H,3-6H2,1-2H3;7H,3-6H2,1-2H3;2*6-8H,3-5H2,1-2H3;7H,3-6H2,1-2H3;2*3-5H,1-2H3,(H,7,8);3-6H,1-2H3;3-5H,1-2H3,(H,7,8). The van der Waals surface area contributed by atoms with E-state index in [2.05, 4.69) is 302 Å². The van der Waals surface area contributed by atoms with E-state index in [4.69, 9.17) is 14.2 Å². The van der Waals surface area contributed by atoms with E-state index in [0.29, 0.717) is 53.8 Å². The molecule has 4 aromatic rings. The summed E-state index contributed by atoms with van der Waals surface area (Å²) >= 11 is 0. The van der Waals surface area contributed by atoms with Gasteiger partial charge in [0.1, 0.15) is 5.82 Å². The molecule has 4 aromatic heterocycles. The van der Waals surface area contributed by atoms with E-state index >= 15 is 0 Å². The zero-order valence-corrected chi connectivity index (χ0v) is 96.7. The quantitative estimate of drug-likeness (QED) is 0.0560. The van der Waals surface area contributed by atoms with Crippen LogP contribution in [0.5, 0.6) is 0 Å². The highest BCUT2D eigenvalue weighted by molar-refractivity contribution is 5.00. The van der Waals surface area contributed by atoms with Crippen LogP contribution in [0.4, 0.5) is 0 Å². The number of imidazole rings is 4. The van der Waals surface area contributed by atoms with Crippen molar-refractivity contribution in [3.05, 3.63) is 73.4 Å². The Kier molecular flexibility index (Phi) is 80.2. The monoisotopic (exact) mass is 1930 g/mol. The molecule has 7 N–H and O–H groups in total. The molecule has 0 bridgehead atoms. The summed E-state index contributed by atoms with van der Waals surface area (Å²) in [6.45, 7) is 94.4. The topological polar surface area (TPSA) is 193 Å². The fourth-order valence-corrected chi connectivity index (χ4v) is 19.4. The third kappa shape index (κ3) is 68.4. The Morgan fingerprint density at radius 1 is 0.299 bits per heavy atom. The van der Waals surface area contributed by atoms with Crippen molar-refractivity contribution < 1.29 is 14.2 Å². The minimum atomic E-state index is 0.443. The first-order valence-electron chi connectivity index (χ1n) is 57.9. The summed E-state index contributed by atoms with van der Waals surface area (Å²) in [6, 6.07) is 4.08. The summed E-state index contributed by atoms with van der Waals surface area (Å²) in [5.41, 5.74) is 2.40. The first-order valence-corrected chi connectivity index (χ1v) is 57.9. The second-order valence-corrected chi connectivity index (χ2v) is 46.8. The molecule has 11 heterocycles. The van der Waals surface area contributed by atoms with Gasteiger partial charge in [-0.15, -0.1) is 0 Å². The third-order valence-electron chi connectivity index (χ3n) is 30.3. The average molecular weight is 1930 g/mol. The van der Waals surface area contributed by atoms with Crippen LogP contribution >= 0.6 is 0 Å². The SMILES string of the molecule is CC(C)C1CCCC1.CC(C)C1CCCC1.CC(C)C1CCCCC1.CC(C)C1CCCCC1.CC(C)C1CCCCC1.CC(C)C1CCCNC1.CC(C)C1CNCCO1.CC(C)C1COCCN1.CC(C)N1CCCC1.CC(C)N1CCCCC1.CC(C)N1CCNCC1.CC(C)N1CCOCC1.CC(C)c1cnc[nH]1.CC(C)c1cnc[nH]1.CC(C)c1ncc[nH]1.CC(C)n1ccnc1. The molecule has 19 nitrogen and oxygen atoms in total. The Bertz CT molecular complexity index is 2530. The Morgan fingerprint density at radius 3 is 0.883 bits per heavy atom. The molecule has 7 saturated heterocycles. The Hall–Kier alpha value is -3.60. The zero-order valence-electron chi connectivity index (χ0n) is 96.7. The minimum absolute atomic E-state index is 0.443. The van der Waals surface area contributed by atoms with E-state index in [-0.39, 0.29) is 0 Å². The fraction of sp³-hybridized carbons (Fsp3) is 0.898. The molecule has 12 fully saturated rings. The van der Waals surface area contributed by atoms with Crippen LogP contribution in [0.1, 0.15) is 455 Å². The Balaban J connectivity index is 0.000000731. The largest absolute Gasteiger partial charge is 0.379 e. The number of nitrogens with one attached hydrogen (secondary N) is 7. The minimum Gasteiger partial charge on any atom is -0.379 e. The number of likely N-dealkylation sites (tertiary alicyclic amines) is 2. The number of rotatable bonds is 16. The average Bonchev–Trinajstić information content (AvgIpc) is 1.72. The zero-order chi connectivity index (χ0) is 102. The summed E-state index contributed by atoms with van der Waals surface area (Å²) in [7, 11) is 0. The van der Waals surface area contributed by atoms with Gasteiger partial charge in [-0.05, 0) is 242 Å². The van der Waals surface area contributed by atoms with Crippen molar-refractivity contribution in [1.82, 2.24) is 80.3 Å². The number of H-pyrrole nitrogens is 3. The number of piperazine rings is 1. The summed E-state index contributed by atoms with van der Waals surface area (Å²) in [6.07, 6.45) is 61.0. The molecule has 137 heavy (non-hydrogen) atoms. The van der Waals surface area contributed by atoms with Gasteiger partial charge in [0.2, 0.25) is 0 Å². The van der Waals surface area contributed by atoms with Gasteiger partial charge in [-0.1, -0.05) is 306 Å². The lowest BCUT2D eigenvalue weighted by Crippen LogP contribution is -2.46. The van der Waals surface area contributed by atoms with Gasteiger partial charge in [-0.3, -0.25) is 9.80 Å². The van der Waals surface area contributed by atoms with E-state index in [9.17, 15) is 0 Å². The van der Waals surface area contributed by atoms with Crippen LogP contribution in [0, 0.1) is 82.9 Å². The smallest absolute Gasteiger partial charge is 0.108 e. The second-order valence-electron chi connectivity index (χ2n) is 46.8. The van der Waals surface area contributed by atoms with Crippen molar-refractivity contribution in [3.8, 4) is 0 Å². The number of hydrogen-bond donors (Lipinski definition) is 7. The lowest BCUT2D eigenvalue weighted by Gasteiger charge is -2.30. The highest BCUT2D eigenvalue weighted by atomic mass is 16.5. The fourth-order valence-electron chi connectivity index (χ4n) is 19.4. The lowest BCUT2D eigenvalue weighted by molar-refractivity contribution is 0.000506. The van der Waals surface area contributed by atoms with Gasteiger partial charge in [-0.2, -0.15) is 0 Å². The maximum Gasteiger partial charge on any atom is 0.108 e. The highest BCUT2D eigenvalue weighted by Crippen LogP contribution is 2.34. The predicted molar refractivity (Wildman–Crippen MR) is 597 cm³/mol. The summed E-state index contributed by atoms with van der Waals surface area (Å²) in [4.78, 5) is 34.8. The van der Waals surface area contributed by atoms with Crippen molar-refractivity contribution in [2.75, 3.05) is 131 Å². The summed E-state index contributed by atoms with van der Waals surface area (Å²) in [5.74, 6) is 15.9. The number of nitrogens with zero attached hydrogens (tertiary/aromatic N) is 9. The van der Waals surface area contributed by atoms with E-state index in [0.717, 1.165) is 174 Å². The van der Waals surface area contributed by atoms with Gasteiger partial charge in [-0.25, -0.2) is 19.9 Å². The van der Waals surface area contributed by atoms with Gasteiger partial charge >= 0.3 is 0 Å². The molecule has 806 valence electrons. The second kappa shape index (κ2) is 83.6. The van der Waals surface area contributed by atoms with Crippen LogP contribution in [0.15, 0.2) is 56.2 Å². The Morgan fingerprint density at radius 2 is 0.672 bits per heavy atom. The predicted octanol–water partition coefficient (Wildman–Crippen LogP) is 28.7. The molecule has 5 aliphatic carbocycles. The number of aromatic nitrogens is 8. The van der Waals surface area contributed by atoms with Crippen LogP contribution in [0.2, 0.25) is 0 Å². The van der Waals surface area contributed by atoms with Crippen molar-refractivity contribution in [2.45, 2.75) is 474 Å². The molecule has 5 saturated carbocycles. The van der Waals surface area contributed by atoms with Gasteiger partial charge in [0, 0.05) is 150 Å².